The predicted octanol–water partition coefficient (Wildman–Crippen LogP) is 1.37. The van der Waals surface area contributed by atoms with E-state index in [1.54, 1.807) is 0 Å². The molecule has 80 valence electrons. The van der Waals surface area contributed by atoms with Crippen LogP contribution >= 0.6 is 0 Å². The van der Waals surface area contributed by atoms with Crippen molar-refractivity contribution in [2.24, 2.45) is 0 Å². The van der Waals surface area contributed by atoms with Gasteiger partial charge in [0.05, 0.1) is 18.0 Å². The molecule has 16 heavy (non-hydrogen) atoms. The summed E-state index contributed by atoms with van der Waals surface area (Å²) in [5, 5.41) is 16.6. The van der Waals surface area contributed by atoms with E-state index in [1.807, 2.05) is 36.2 Å². The van der Waals surface area contributed by atoms with Gasteiger partial charge in [-0.25, -0.2) is 4.98 Å². The Hall–Kier alpha value is -2.22. The summed E-state index contributed by atoms with van der Waals surface area (Å²) in [4.78, 5) is 6.19. The summed E-state index contributed by atoms with van der Waals surface area (Å²) < 4.78 is 0. The Morgan fingerprint density at radius 3 is 2.75 bits per heavy atom. The van der Waals surface area contributed by atoms with Crippen molar-refractivity contribution in [2.45, 2.75) is 6.42 Å². The fourth-order valence-corrected chi connectivity index (χ4v) is 1.35. The van der Waals surface area contributed by atoms with E-state index in [-0.39, 0.29) is 0 Å². The van der Waals surface area contributed by atoms with Crippen LogP contribution in [0.5, 0.6) is 0 Å². The van der Waals surface area contributed by atoms with Gasteiger partial charge in [0.2, 0.25) is 5.95 Å². The van der Waals surface area contributed by atoms with Crippen LogP contribution in [0, 0.1) is 11.3 Å². The number of rotatable bonds is 3. The second-order valence-corrected chi connectivity index (χ2v) is 3.43. The van der Waals surface area contributed by atoms with E-state index in [4.69, 9.17) is 5.26 Å². The van der Waals surface area contributed by atoms with Gasteiger partial charge in [0, 0.05) is 13.6 Å². The maximum atomic E-state index is 8.50. The van der Waals surface area contributed by atoms with Crippen molar-refractivity contribution in [2.75, 3.05) is 18.5 Å². The van der Waals surface area contributed by atoms with Crippen LogP contribution in [-0.4, -0.2) is 28.8 Å². The average Bonchev–Trinajstić information content (AvgIpc) is 2.35. The molecule has 0 spiro atoms. The van der Waals surface area contributed by atoms with Crippen molar-refractivity contribution < 1.29 is 0 Å². The Bertz CT molecular complexity index is 531. The van der Waals surface area contributed by atoms with E-state index < -0.39 is 0 Å². The summed E-state index contributed by atoms with van der Waals surface area (Å²) in [5.74, 6) is 0.550. The Balaban J connectivity index is 2.29. The highest BCUT2D eigenvalue weighted by atomic mass is 15.3. The monoisotopic (exact) mass is 213 g/mol. The number of nitriles is 1. The standard InChI is InChI=1S/C11H11N5/c1-16(8-4-7-12)11-13-9-5-2-3-6-10(9)14-15-11/h2-3,5-6H,4,8H2,1H3. The molecule has 0 N–H and O–H groups in total. The highest BCUT2D eigenvalue weighted by molar-refractivity contribution is 5.74. The smallest absolute Gasteiger partial charge is 0.245 e. The fraction of sp³-hybridized carbons (Fsp3) is 0.273. The van der Waals surface area contributed by atoms with Crippen LogP contribution in [0.15, 0.2) is 24.3 Å². The number of para-hydroxylation sites is 1. The molecule has 1 aromatic carbocycles. The first-order valence-corrected chi connectivity index (χ1v) is 4.99. The summed E-state index contributed by atoms with van der Waals surface area (Å²) >= 11 is 0. The highest BCUT2D eigenvalue weighted by Gasteiger charge is 2.05. The molecule has 0 unspecified atom stereocenters. The average molecular weight is 213 g/mol. The van der Waals surface area contributed by atoms with Gasteiger partial charge in [-0.05, 0) is 12.1 Å². The van der Waals surface area contributed by atoms with E-state index in [9.17, 15) is 0 Å². The molecule has 0 aliphatic heterocycles. The zero-order chi connectivity index (χ0) is 11.4. The van der Waals surface area contributed by atoms with Gasteiger partial charge >= 0.3 is 0 Å². The summed E-state index contributed by atoms with van der Waals surface area (Å²) in [7, 11) is 1.85. The first kappa shape index (κ1) is 10.3. The van der Waals surface area contributed by atoms with E-state index in [0.29, 0.717) is 18.9 Å². The molecule has 2 rings (SSSR count). The van der Waals surface area contributed by atoms with Crippen LogP contribution in [0.2, 0.25) is 0 Å². The molecule has 5 heteroatoms. The van der Waals surface area contributed by atoms with Gasteiger partial charge in [0.25, 0.3) is 0 Å². The largest absolute Gasteiger partial charge is 0.342 e. The molecule has 0 aliphatic carbocycles. The maximum absolute atomic E-state index is 8.50. The Morgan fingerprint density at radius 1 is 1.25 bits per heavy atom. The zero-order valence-corrected chi connectivity index (χ0v) is 8.96. The third-order valence-electron chi connectivity index (χ3n) is 2.25. The van der Waals surface area contributed by atoms with Crippen molar-refractivity contribution >= 4 is 17.0 Å². The topological polar surface area (TPSA) is 65.7 Å². The molecule has 0 radical (unpaired) electrons. The minimum Gasteiger partial charge on any atom is -0.342 e. The Kier molecular flexibility index (Phi) is 2.92. The summed E-state index contributed by atoms with van der Waals surface area (Å²) in [6.07, 6.45) is 0.451. The Morgan fingerprint density at radius 2 is 2.00 bits per heavy atom. The van der Waals surface area contributed by atoms with E-state index in [2.05, 4.69) is 21.3 Å². The van der Waals surface area contributed by atoms with Crippen LogP contribution in [0.3, 0.4) is 0 Å². The molecular formula is C11H11N5. The van der Waals surface area contributed by atoms with Crippen molar-refractivity contribution in [3.63, 3.8) is 0 Å². The number of anilines is 1. The van der Waals surface area contributed by atoms with Gasteiger partial charge in [0.15, 0.2) is 0 Å². The van der Waals surface area contributed by atoms with Crippen molar-refractivity contribution in [1.29, 1.82) is 5.26 Å². The van der Waals surface area contributed by atoms with Crippen LogP contribution in [0.4, 0.5) is 5.95 Å². The second-order valence-electron chi connectivity index (χ2n) is 3.43. The molecule has 0 bridgehead atoms. The summed E-state index contributed by atoms with van der Waals surface area (Å²) in [5.41, 5.74) is 1.59. The number of benzene rings is 1. The molecular weight excluding hydrogens is 202 g/mol. The lowest BCUT2D eigenvalue weighted by atomic mass is 10.3. The highest BCUT2D eigenvalue weighted by Crippen LogP contribution is 2.11. The molecule has 0 amide bonds. The lowest BCUT2D eigenvalue weighted by Crippen LogP contribution is -2.21. The summed E-state index contributed by atoms with van der Waals surface area (Å²) in [6, 6.07) is 9.67. The van der Waals surface area contributed by atoms with Gasteiger partial charge in [-0.1, -0.05) is 12.1 Å². The van der Waals surface area contributed by atoms with E-state index >= 15 is 0 Å². The number of fused-ring (bicyclic) bond motifs is 1. The van der Waals surface area contributed by atoms with Crippen molar-refractivity contribution in [1.82, 2.24) is 15.2 Å². The van der Waals surface area contributed by atoms with Crippen LogP contribution < -0.4 is 4.90 Å². The second kappa shape index (κ2) is 4.53. The van der Waals surface area contributed by atoms with Gasteiger partial charge in [0.1, 0.15) is 5.52 Å². The molecule has 0 aliphatic rings. The first-order chi connectivity index (χ1) is 7.81. The van der Waals surface area contributed by atoms with Gasteiger partial charge < -0.3 is 4.90 Å². The number of nitrogens with zero attached hydrogens (tertiary/aromatic N) is 5. The minimum atomic E-state index is 0.451. The number of aromatic nitrogens is 3. The minimum absolute atomic E-state index is 0.451. The fourth-order valence-electron chi connectivity index (χ4n) is 1.35. The summed E-state index contributed by atoms with van der Waals surface area (Å²) in [6.45, 7) is 0.608. The van der Waals surface area contributed by atoms with E-state index in [1.165, 1.54) is 0 Å². The van der Waals surface area contributed by atoms with Gasteiger partial charge in [-0.2, -0.15) is 5.26 Å². The maximum Gasteiger partial charge on any atom is 0.245 e. The lowest BCUT2D eigenvalue weighted by molar-refractivity contribution is 0.840. The van der Waals surface area contributed by atoms with Crippen LogP contribution in [0.1, 0.15) is 6.42 Å². The first-order valence-electron chi connectivity index (χ1n) is 4.99. The molecule has 1 aromatic heterocycles. The van der Waals surface area contributed by atoms with Crippen molar-refractivity contribution in [3.05, 3.63) is 24.3 Å². The van der Waals surface area contributed by atoms with Crippen LogP contribution in [-0.2, 0) is 0 Å². The number of hydrogen-bond donors (Lipinski definition) is 0. The lowest BCUT2D eigenvalue weighted by Gasteiger charge is -2.14. The van der Waals surface area contributed by atoms with Crippen LogP contribution in [0.25, 0.3) is 11.0 Å². The van der Waals surface area contributed by atoms with E-state index in [0.717, 1.165) is 11.0 Å². The SMILES string of the molecule is CN(CCC#N)c1nnc2ccccc2n1. The molecule has 2 aromatic rings. The molecule has 0 saturated heterocycles. The predicted molar refractivity (Wildman–Crippen MR) is 60.8 cm³/mol. The molecule has 1 heterocycles. The molecule has 0 fully saturated rings. The quantitative estimate of drug-likeness (QED) is 0.770. The van der Waals surface area contributed by atoms with Gasteiger partial charge in [-0.3, -0.25) is 0 Å². The normalized spacial score (nSPS) is 10.0. The zero-order valence-electron chi connectivity index (χ0n) is 8.96. The molecule has 0 saturated carbocycles. The molecule has 5 nitrogen and oxygen atoms in total. The Labute approximate surface area is 93.4 Å². The number of hydrogen-bond acceptors (Lipinski definition) is 5. The third-order valence-corrected chi connectivity index (χ3v) is 2.25. The molecule has 0 atom stereocenters. The third kappa shape index (κ3) is 2.06. The van der Waals surface area contributed by atoms with Crippen molar-refractivity contribution in [3.8, 4) is 6.07 Å². The van der Waals surface area contributed by atoms with Gasteiger partial charge in [-0.15, -0.1) is 10.2 Å².